The minimum absolute atomic E-state index is 0.0692. The molecule has 1 rings (SSSR count). The third-order valence-corrected chi connectivity index (χ3v) is 1.51. The molecule has 0 atom stereocenters. The second-order valence-corrected chi connectivity index (χ2v) is 2.37. The summed E-state index contributed by atoms with van der Waals surface area (Å²) in [5.41, 5.74) is 0.440. The van der Waals surface area contributed by atoms with Crippen LogP contribution in [-0.4, -0.2) is 9.55 Å². The molecule has 0 aliphatic carbocycles. The van der Waals surface area contributed by atoms with E-state index in [1.54, 1.807) is 30.8 Å². The molecule has 0 amide bonds. The van der Waals surface area contributed by atoms with Crippen LogP contribution in [0.5, 0.6) is 0 Å². The Bertz CT molecular complexity index is 381. The molecule has 0 aliphatic rings. The first-order valence-corrected chi connectivity index (χ1v) is 3.67. The first-order valence-electron chi connectivity index (χ1n) is 3.67. The summed E-state index contributed by atoms with van der Waals surface area (Å²) in [6.45, 7) is 3.88. The van der Waals surface area contributed by atoms with Crippen LogP contribution in [0.15, 0.2) is 17.2 Å². The summed E-state index contributed by atoms with van der Waals surface area (Å²) in [4.78, 5) is 15.2. The molecule has 1 aromatic rings. The normalized spacial score (nSPS) is 8.83. The van der Waals surface area contributed by atoms with Crippen molar-refractivity contribution < 1.29 is 0 Å². The smallest absolute Gasteiger partial charge is 0.272 e. The number of hydrogen-bond donors (Lipinski definition) is 0. The third-order valence-electron chi connectivity index (χ3n) is 1.51. The van der Waals surface area contributed by atoms with Gasteiger partial charge < -0.3 is 4.57 Å². The van der Waals surface area contributed by atoms with Crippen molar-refractivity contribution in [2.75, 3.05) is 0 Å². The molecule has 3 heteroatoms. The summed E-state index contributed by atoms with van der Waals surface area (Å²) in [7, 11) is 0. The molecule has 0 spiro atoms. The number of hydrogen-bond acceptors (Lipinski definition) is 2. The van der Waals surface area contributed by atoms with Gasteiger partial charge in [-0.15, -0.1) is 5.92 Å². The van der Waals surface area contributed by atoms with Gasteiger partial charge in [-0.05, 0) is 13.8 Å². The third kappa shape index (κ3) is 1.73. The largest absolute Gasteiger partial charge is 0.301 e. The van der Waals surface area contributed by atoms with Gasteiger partial charge in [0.1, 0.15) is 5.69 Å². The van der Waals surface area contributed by atoms with Gasteiger partial charge >= 0.3 is 0 Å². The highest BCUT2D eigenvalue weighted by molar-refractivity contribution is 5.00. The van der Waals surface area contributed by atoms with E-state index in [0.717, 1.165) is 0 Å². The first kappa shape index (κ1) is 8.54. The highest BCUT2D eigenvalue weighted by atomic mass is 16.1. The molecule has 0 bridgehead atoms. The van der Waals surface area contributed by atoms with Crippen LogP contribution in [0.2, 0.25) is 0 Å². The maximum atomic E-state index is 11.3. The summed E-state index contributed by atoms with van der Waals surface area (Å²) < 4.78 is 1.54. The average molecular weight is 162 g/mol. The molecule has 0 saturated heterocycles. The van der Waals surface area contributed by atoms with Crippen LogP contribution in [0.3, 0.4) is 0 Å². The fourth-order valence-electron chi connectivity index (χ4n) is 0.845. The number of aromatic nitrogens is 2. The second kappa shape index (κ2) is 3.72. The zero-order valence-corrected chi connectivity index (χ0v) is 7.16. The minimum Gasteiger partial charge on any atom is -0.301 e. The Kier molecular flexibility index (Phi) is 2.65. The Labute approximate surface area is 71.1 Å². The lowest BCUT2D eigenvalue weighted by Gasteiger charge is -1.99. The van der Waals surface area contributed by atoms with Gasteiger partial charge in [-0.2, -0.15) is 0 Å². The summed E-state index contributed by atoms with van der Waals surface area (Å²) in [5, 5.41) is 0. The van der Waals surface area contributed by atoms with Gasteiger partial charge in [-0.25, -0.2) is 0 Å². The number of rotatable bonds is 1. The lowest BCUT2D eigenvalue weighted by Crippen LogP contribution is -2.22. The number of nitrogens with zero attached hydrogens (tertiary/aromatic N) is 2. The molecular formula is C9H10N2O. The maximum absolute atomic E-state index is 11.3. The van der Waals surface area contributed by atoms with Crippen LogP contribution in [0.25, 0.3) is 0 Å². The van der Waals surface area contributed by atoms with Crippen LogP contribution >= 0.6 is 0 Å². The zero-order valence-electron chi connectivity index (χ0n) is 7.16. The molecule has 0 fully saturated rings. The highest BCUT2D eigenvalue weighted by Gasteiger charge is 1.96. The monoisotopic (exact) mass is 162 g/mol. The molecule has 1 aromatic heterocycles. The Morgan fingerprint density at radius 1 is 1.67 bits per heavy atom. The standard InChI is InChI=1S/C9H10N2O/c1-3-4-6-11-7-5-10-8(2)9(11)12/h5,7H,6H2,1-2H3. The average Bonchev–Trinajstić information content (AvgIpc) is 2.08. The Balaban J connectivity index is 3.06. The molecular weight excluding hydrogens is 152 g/mol. The van der Waals surface area contributed by atoms with Crippen LogP contribution in [-0.2, 0) is 6.54 Å². The molecule has 62 valence electrons. The predicted octanol–water partition coefficient (Wildman–Crippen LogP) is 0.575. The van der Waals surface area contributed by atoms with Gasteiger partial charge in [0.05, 0.1) is 6.54 Å². The number of aryl methyl sites for hydroxylation is 1. The van der Waals surface area contributed by atoms with E-state index in [-0.39, 0.29) is 5.56 Å². The van der Waals surface area contributed by atoms with E-state index in [0.29, 0.717) is 12.2 Å². The quantitative estimate of drug-likeness (QED) is 0.566. The summed E-state index contributed by atoms with van der Waals surface area (Å²) in [6.07, 6.45) is 3.24. The lowest BCUT2D eigenvalue weighted by atomic mass is 10.4. The zero-order chi connectivity index (χ0) is 8.97. The van der Waals surface area contributed by atoms with Crippen LogP contribution in [0.4, 0.5) is 0 Å². The molecule has 0 N–H and O–H groups in total. The van der Waals surface area contributed by atoms with Crippen LogP contribution in [0, 0.1) is 18.8 Å². The van der Waals surface area contributed by atoms with E-state index in [9.17, 15) is 4.79 Å². The molecule has 12 heavy (non-hydrogen) atoms. The molecule has 0 saturated carbocycles. The van der Waals surface area contributed by atoms with Crippen LogP contribution < -0.4 is 5.56 Å². The van der Waals surface area contributed by atoms with E-state index in [2.05, 4.69) is 16.8 Å². The molecule has 0 unspecified atom stereocenters. The van der Waals surface area contributed by atoms with Gasteiger partial charge in [-0.3, -0.25) is 9.78 Å². The van der Waals surface area contributed by atoms with Crippen molar-refractivity contribution >= 4 is 0 Å². The van der Waals surface area contributed by atoms with Crippen LogP contribution in [0.1, 0.15) is 12.6 Å². The first-order chi connectivity index (χ1) is 5.75. The van der Waals surface area contributed by atoms with Crippen molar-refractivity contribution in [2.45, 2.75) is 20.4 Å². The molecule has 0 radical (unpaired) electrons. The lowest BCUT2D eigenvalue weighted by molar-refractivity contribution is 0.768. The minimum atomic E-state index is -0.0692. The van der Waals surface area contributed by atoms with Crippen molar-refractivity contribution in [2.24, 2.45) is 0 Å². The van der Waals surface area contributed by atoms with Gasteiger partial charge in [0, 0.05) is 12.4 Å². The molecule has 0 aromatic carbocycles. The topological polar surface area (TPSA) is 34.9 Å². The van der Waals surface area contributed by atoms with Crippen molar-refractivity contribution in [1.82, 2.24) is 9.55 Å². The summed E-state index contributed by atoms with van der Waals surface area (Å²) in [6, 6.07) is 0. The fourth-order valence-corrected chi connectivity index (χ4v) is 0.845. The van der Waals surface area contributed by atoms with Gasteiger partial charge in [-0.1, -0.05) is 5.92 Å². The van der Waals surface area contributed by atoms with Gasteiger partial charge in [0.15, 0.2) is 0 Å². The van der Waals surface area contributed by atoms with Crippen molar-refractivity contribution in [1.29, 1.82) is 0 Å². The van der Waals surface area contributed by atoms with E-state index in [1.807, 2.05) is 0 Å². The van der Waals surface area contributed by atoms with E-state index >= 15 is 0 Å². The van der Waals surface area contributed by atoms with E-state index in [4.69, 9.17) is 0 Å². The van der Waals surface area contributed by atoms with Crippen molar-refractivity contribution in [3.05, 3.63) is 28.4 Å². The predicted molar refractivity (Wildman–Crippen MR) is 46.7 cm³/mol. The maximum Gasteiger partial charge on any atom is 0.272 e. The fraction of sp³-hybridized carbons (Fsp3) is 0.333. The highest BCUT2D eigenvalue weighted by Crippen LogP contribution is 1.82. The van der Waals surface area contributed by atoms with E-state index < -0.39 is 0 Å². The second-order valence-electron chi connectivity index (χ2n) is 2.37. The van der Waals surface area contributed by atoms with Crippen molar-refractivity contribution in [3.8, 4) is 11.8 Å². The van der Waals surface area contributed by atoms with Crippen molar-refractivity contribution in [3.63, 3.8) is 0 Å². The summed E-state index contributed by atoms with van der Waals surface area (Å²) >= 11 is 0. The summed E-state index contributed by atoms with van der Waals surface area (Å²) in [5.74, 6) is 5.55. The van der Waals surface area contributed by atoms with Gasteiger partial charge in [0.25, 0.3) is 5.56 Å². The van der Waals surface area contributed by atoms with Gasteiger partial charge in [0.2, 0.25) is 0 Å². The Hall–Kier alpha value is -1.56. The molecule has 1 heterocycles. The van der Waals surface area contributed by atoms with E-state index in [1.165, 1.54) is 0 Å². The Morgan fingerprint density at radius 2 is 2.42 bits per heavy atom. The Morgan fingerprint density at radius 3 is 3.08 bits per heavy atom. The molecule has 0 aliphatic heterocycles. The SMILES string of the molecule is CC#CCn1ccnc(C)c1=O. The molecule has 3 nitrogen and oxygen atoms in total.